The minimum Gasteiger partial charge on any atom is -0.396 e. The van der Waals surface area contributed by atoms with Crippen molar-refractivity contribution in [1.82, 2.24) is 4.98 Å². The van der Waals surface area contributed by atoms with Crippen molar-refractivity contribution >= 4 is 17.2 Å². The third kappa shape index (κ3) is 3.10. The van der Waals surface area contributed by atoms with Crippen molar-refractivity contribution in [1.29, 1.82) is 0 Å². The van der Waals surface area contributed by atoms with Crippen LogP contribution >= 0.6 is 0 Å². The van der Waals surface area contributed by atoms with E-state index in [1.807, 2.05) is 30.3 Å². The normalized spacial score (nSPS) is 15.4. The molecule has 1 aromatic heterocycles. The Balaban J connectivity index is 1.58. The van der Waals surface area contributed by atoms with Gasteiger partial charge in [0.1, 0.15) is 0 Å². The maximum Gasteiger partial charge on any atom is 0.154 e. The van der Waals surface area contributed by atoms with E-state index in [1.54, 1.807) is 0 Å². The summed E-state index contributed by atoms with van der Waals surface area (Å²) in [6, 6.07) is 22.7. The van der Waals surface area contributed by atoms with E-state index in [9.17, 15) is 0 Å². The first-order valence-electron chi connectivity index (χ1n) is 8.84. The summed E-state index contributed by atoms with van der Waals surface area (Å²) in [5.74, 6) is 0.698. The van der Waals surface area contributed by atoms with E-state index in [4.69, 9.17) is 10.7 Å². The van der Waals surface area contributed by atoms with Crippen molar-refractivity contribution in [3.8, 4) is 11.3 Å². The molecule has 0 atom stereocenters. The van der Waals surface area contributed by atoms with E-state index in [1.165, 1.54) is 24.8 Å². The second-order valence-corrected chi connectivity index (χ2v) is 7.12. The van der Waals surface area contributed by atoms with E-state index in [2.05, 4.69) is 48.6 Å². The Hall–Kier alpha value is -2.81. The van der Waals surface area contributed by atoms with Crippen LogP contribution in [0.25, 0.3) is 11.3 Å². The van der Waals surface area contributed by atoms with E-state index in [0.717, 1.165) is 16.9 Å². The standard InChI is InChI=1S/C22H23N3/c1-22(14-5-15-22)17-8-10-18(11-9-17)24-21-19(23)12-13-20(25-21)16-6-3-2-4-7-16/h2-4,6-13H,5,14-15,23H2,1H3,(H,24,25). The smallest absolute Gasteiger partial charge is 0.154 e. The first-order chi connectivity index (χ1) is 12.1. The Bertz CT molecular complexity index is 866. The first kappa shape index (κ1) is 15.7. The van der Waals surface area contributed by atoms with Crippen LogP contribution in [0.3, 0.4) is 0 Å². The maximum atomic E-state index is 6.12. The number of rotatable bonds is 4. The predicted octanol–water partition coefficient (Wildman–Crippen LogP) is 5.52. The monoisotopic (exact) mass is 329 g/mol. The van der Waals surface area contributed by atoms with Gasteiger partial charge in [-0.05, 0) is 48.1 Å². The average Bonchev–Trinajstić information content (AvgIpc) is 2.63. The molecule has 1 heterocycles. The largest absolute Gasteiger partial charge is 0.396 e. The minimum absolute atomic E-state index is 0.364. The number of anilines is 3. The third-order valence-electron chi connectivity index (χ3n) is 5.30. The van der Waals surface area contributed by atoms with Gasteiger partial charge in [-0.15, -0.1) is 0 Å². The number of pyridine rings is 1. The van der Waals surface area contributed by atoms with Gasteiger partial charge in [0.05, 0.1) is 11.4 Å². The van der Waals surface area contributed by atoms with Crippen LogP contribution in [-0.2, 0) is 5.41 Å². The van der Waals surface area contributed by atoms with Gasteiger partial charge in [0.2, 0.25) is 0 Å². The van der Waals surface area contributed by atoms with E-state index < -0.39 is 0 Å². The van der Waals surface area contributed by atoms with Crippen molar-refractivity contribution in [2.75, 3.05) is 11.1 Å². The summed E-state index contributed by atoms with van der Waals surface area (Å²) < 4.78 is 0. The molecule has 1 aliphatic rings. The lowest BCUT2D eigenvalue weighted by atomic mass is 9.66. The van der Waals surface area contributed by atoms with Gasteiger partial charge in [0.15, 0.2) is 5.82 Å². The van der Waals surface area contributed by atoms with Crippen molar-refractivity contribution in [3.05, 3.63) is 72.3 Å². The molecular formula is C22H23N3. The molecule has 0 unspecified atom stereocenters. The Kier molecular flexibility index (Phi) is 3.92. The van der Waals surface area contributed by atoms with Crippen molar-refractivity contribution in [2.45, 2.75) is 31.6 Å². The topological polar surface area (TPSA) is 50.9 Å². The van der Waals surface area contributed by atoms with Gasteiger partial charge in [-0.3, -0.25) is 0 Å². The molecule has 0 spiro atoms. The highest BCUT2D eigenvalue weighted by atomic mass is 15.0. The number of aromatic nitrogens is 1. The van der Waals surface area contributed by atoms with Gasteiger partial charge in [0.25, 0.3) is 0 Å². The molecule has 126 valence electrons. The molecule has 2 aromatic carbocycles. The van der Waals surface area contributed by atoms with Crippen LogP contribution in [0.2, 0.25) is 0 Å². The van der Waals surface area contributed by atoms with Crippen LogP contribution in [0, 0.1) is 0 Å². The second kappa shape index (κ2) is 6.25. The Labute approximate surface area is 148 Å². The Morgan fingerprint density at radius 1 is 0.920 bits per heavy atom. The van der Waals surface area contributed by atoms with Gasteiger partial charge >= 0.3 is 0 Å². The zero-order chi connectivity index (χ0) is 17.3. The number of nitrogens with one attached hydrogen (secondary N) is 1. The predicted molar refractivity (Wildman–Crippen MR) is 105 cm³/mol. The second-order valence-electron chi connectivity index (χ2n) is 7.12. The highest BCUT2D eigenvalue weighted by Gasteiger charge is 2.33. The van der Waals surface area contributed by atoms with Gasteiger partial charge < -0.3 is 11.1 Å². The molecule has 0 bridgehead atoms. The number of nitrogens with zero attached hydrogens (tertiary/aromatic N) is 1. The van der Waals surface area contributed by atoms with Crippen LogP contribution in [0.1, 0.15) is 31.7 Å². The zero-order valence-electron chi connectivity index (χ0n) is 14.5. The van der Waals surface area contributed by atoms with Crippen molar-refractivity contribution in [3.63, 3.8) is 0 Å². The molecule has 0 aliphatic heterocycles. The Morgan fingerprint density at radius 3 is 2.28 bits per heavy atom. The summed E-state index contributed by atoms with van der Waals surface area (Å²) >= 11 is 0. The van der Waals surface area contributed by atoms with Crippen LogP contribution in [0.15, 0.2) is 66.7 Å². The quantitative estimate of drug-likeness (QED) is 0.663. The molecule has 0 saturated heterocycles. The summed E-state index contributed by atoms with van der Waals surface area (Å²) in [6.45, 7) is 2.35. The number of hydrogen-bond donors (Lipinski definition) is 2. The number of hydrogen-bond acceptors (Lipinski definition) is 3. The minimum atomic E-state index is 0.364. The van der Waals surface area contributed by atoms with Gasteiger partial charge in [-0.1, -0.05) is 55.8 Å². The molecular weight excluding hydrogens is 306 g/mol. The molecule has 1 aliphatic carbocycles. The fourth-order valence-corrected chi connectivity index (χ4v) is 3.43. The molecule has 0 radical (unpaired) electrons. The highest BCUT2D eigenvalue weighted by Crippen LogP contribution is 2.43. The number of nitrogen functional groups attached to an aromatic ring is 1. The van der Waals surface area contributed by atoms with Crippen LogP contribution in [0.4, 0.5) is 17.2 Å². The van der Waals surface area contributed by atoms with E-state index >= 15 is 0 Å². The molecule has 0 amide bonds. The fourth-order valence-electron chi connectivity index (χ4n) is 3.43. The average molecular weight is 329 g/mol. The molecule has 25 heavy (non-hydrogen) atoms. The number of benzene rings is 2. The van der Waals surface area contributed by atoms with E-state index in [-0.39, 0.29) is 0 Å². The summed E-state index contributed by atoms with van der Waals surface area (Å²) in [7, 11) is 0. The van der Waals surface area contributed by atoms with Gasteiger partial charge in [0, 0.05) is 11.3 Å². The summed E-state index contributed by atoms with van der Waals surface area (Å²) in [4.78, 5) is 4.70. The summed E-state index contributed by atoms with van der Waals surface area (Å²) in [5.41, 5.74) is 11.6. The molecule has 3 heteroatoms. The SMILES string of the molecule is CC1(c2ccc(Nc3nc(-c4ccccc4)ccc3N)cc2)CCC1. The number of nitrogens with two attached hydrogens (primary N) is 1. The van der Waals surface area contributed by atoms with Crippen molar-refractivity contribution in [2.24, 2.45) is 0 Å². The zero-order valence-corrected chi connectivity index (χ0v) is 14.5. The molecule has 4 rings (SSSR count). The highest BCUT2D eigenvalue weighted by molar-refractivity contribution is 5.73. The van der Waals surface area contributed by atoms with Gasteiger partial charge in [-0.2, -0.15) is 0 Å². The van der Waals surface area contributed by atoms with E-state index in [0.29, 0.717) is 16.9 Å². The lowest BCUT2D eigenvalue weighted by molar-refractivity contribution is 0.272. The fraction of sp³-hybridized carbons (Fsp3) is 0.227. The molecule has 3 N–H and O–H groups in total. The third-order valence-corrected chi connectivity index (χ3v) is 5.30. The van der Waals surface area contributed by atoms with Crippen LogP contribution in [-0.4, -0.2) is 4.98 Å². The lowest BCUT2D eigenvalue weighted by Crippen LogP contribution is -2.30. The van der Waals surface area contributed by atoms with Gasteiger partial charge in [-0.25, -0.2) is 4.98 Å². The first-order valence-corrected chi connectivity index (χ1v) is 8.84. The summed E-state index contributed by atoms with van der Waals surface area (Å²) in [6.07, 6.45) is 3.91. The molecule has 1 fully saturated rings. The molecule has 3 aromatic rings. The lowest BCUT2D eigenvalue weighted by Gasteiger charge is -2.39. The maximum absolute atomic E-state index is 6.12. The molecule has 1 saturated carbocycles. The van der Waals surface area contributed by atoms with Crippen LogP contribution < -0.4 is 11.1 Å². The summed E-state index contributed by atoms with van der Waals surface area (Å²) in [5, 5.41) is 3.36. The van der Waals surface area contributed by atoms with Crippen LogP contribution in [0.5, 0.6) is 0 Å². The Morgan fingerprint density at radius 2 is 1.64 bits per heavy atom. The van der Waals surface area contributed by atoms with Crippen molar-refractivity contribution < 1.29 is 0 Å². The molecule has 3 nitrogen and oxygen atoms in total.